The number of amides is 2. The summed E-state index contributed by atoms with van der Waals surface area (Å²) in [5.74, 6) is -0.0658. The van der Waals surface area contributed by atoms with E-state index < -0.39 is 0 Å². The van der Waals surface area contributed by atoms with Crippen LogP contribution in [0.15, 0.2) is 60.7 Å². The van der Waals surface area contributed by atoms with Crippen LogP contribution in [0.2, 0.25) is 0 Å². The van der Waals surface area contributed by atoms with Gasteiger partial charge in [-0.3, -0.25) is 9.59 Å². The van der Waals surface area contributed by atoms with Gasteiger partial charge in [-0.1, -0.05) is 18.2 Å². The molecule has 0 unspecified atom stereocenters. The largest absolute Gasteiger partial charge is 0.424 e. The van der Waals surface area contributed by atoms with Crippen molar-refractivity contribution in [3.63, 3.8) is 0 Å². The molecule has 0 aliphatic rings. The number of rotatable bonds is 6. The third-order valence-corrected chi connectivity index (χ3v) is 3.75. The Balaban J connectivity index is 1.52. The summed E-state index contributed by atoms with van der Waals surface area (Å²) < 4.78 is 5.64. The Hall–Kier alpha value is -3.74. The van der Waals surface area contributed by atoms with Gasteiger partial charge in [0.25, 0.3) is 5.91 Å². The van der Waals surface area contributed by atoms with Crippen molar-refractivity contribution in [1.82, 2.24) is 15.3 Å². The number of hydrogen-bond acceptors (Lipinski definition) is 5. The highest BCUT2D eigenvalue weighted by Gasteiger charge is 2.08. The zero-order chi connectivity index (χ0) is 19.9. The third-order valence-electron chi connectivity index (χ3n) is 3.75. The second kappa shape index (κ2) is 8.77. The molecular weight excluding hydrogens is 356 g/mol. The zero-order valence-corrected chi connectivity index (χ0v) is 15.6. The highest BCUT2D eigenvalue weighted by molar-refractivity contribution is 5.99. The highest BCUT2D eigenvalue weighted by atomic mass is 16.5. The Morgan fingerprint density at radius 2 is 1.57 bits per heavy atom. The SMILES string of the molecule is Cc1cc(C)nc(Oc2ccc(NC(=O)CNC(=O)c3ccccc3)cc2)n1. The molecule has 2 aromatic carbocycles. The smallest absolute Gasteiger partial charge is 0.322 e. The second-order valence-corrected chi connectivity index (χ2v) is 6.16. The van der Waals surface area contributed by atoms with Gasteiger partial charge in [-0.25, -0.2) is 9.97 Å². The van der Waals surface area contributed by atoms with Crippen LogP contribution < -0.4 is 15.4 Å². The van der Waals surface area contributed by atoms with Crippen LogP contribution in [-0.2, 0) is 4.79 Å². The van der Waals surface area contributed by atoms with E-state index in [1.165, 1.54) is 0 Å². The first kappa shape index (κ1) is 19.0. The van der Waals surface area contributed by atoms with Gasteiger partial charge in [-0.15, -0.1) is 0 Å². The van der Waals surface area contributed by atoms with E-state index in [0.29, 0.717) is 17.0 Å². The Morgan fingerprint density at radius 3 is 2.21 bits per heavy atom. The molecule has 0 bridgehead atoms. The predicted molar refractivity (Wildman–Crippen MR) is 105 cm³/mol. The lowest BCUT2D eigenvalue weighted by Gasteiger charge is -2.09. The molecule has 7 heteroatoms. The Morgan fingerprint density at radius 1 is 0.929 bits per heavy atom. The lowest BCUT2D eigenvalue weighted by molar-refractivity contribution is -0.115. The number of carbonyl (C=O) groups is 2. The third kappa shape index (κ3) is 5.38. The fourth-order valence-corrected chi connectivity index (χ4v) is 2.51. The highest BCUT2D eigenvalue weighted by Crippen LogP contribution is 2.20. The number of hydrogen-bond donors (Lipinski definition) is 2. The first-order chi connectivity index (χ1) is 13.5. The van der Waals surface area contributed by atoms with Gasteiger partial charge in [-0.2, -0.15) is 0 Å². The van der Waals surface area contributed by atoms with Crippen LogP contribution in [-0.4, -0.2) is 28.3 Å². The van der Waals surface area contributed by atoms with Crippen LogP contribution in [0.1, 0.15) is 21.7 Å². The molecule has 142 valence electrons. The van der Waals surface area contributed by atoms with E-state index in [1.54, 1.807) is 48.5 Å². The molecule has 1 heterocycles. The van der Waals surface area contributed by atoms with E-state index in [1.807, 2.05) is 26.0 Å². The average molecular weight is 376 g/mol. The molecule has 0 radical (unpaired) electrons. The molecule has 2 amide bonds. The fourth-order valence-electron chi connectivity index (χ4n) is 2.51. The van der Waals surface area contributed by atoms with E-state index in [2.05, 4.69) is 20.6 Å². The lowest BCUT2D eigenvalue weighted by atomic mass is 10.2. The molecule has 7 nitrogen and oxygen atoms in total. The Labute approximate surface area is 162 Å². The molecule has 2 N–H and O–H groups in total. The van der Waals surface area contributed by atoms with Gasteiger partial charge < -0.3 is 15.4 Å². The summed E-state index contributed by atoms with van der Waals surface area (Å²) in [5, 5.41) is 5.30. The maximum absolute atomic E-state index is 12.0. The molecule has 3 rings (SSSR count). The van der Waals surface area contributed by atoms with Crippen molar-refractivity contribution < 1.29 is 14.3 Å². The summed E-state index contributed by atoms with van der Waals surface area (Å²) in [6, 6.07) is 17.7. The number of aryl methyl sites for hydroxylation is 2. The Kier molecular flexibility index (Phi) is 5.96. The van der Waals surface area contributed by atoms with E-state index in [-0.39, 0.29) is 24.4 Å². The van der Waals surface area contributed by atoms with Gasteiger partial charge in [0.15, 0.2) is 0 Å². The summed E-state index contributed by atoms with van der Waals surface area (Å²) in [6.07, 6.45) is 0. The van der Waals surface area contributed by atoms with Crippen LogP contribution in [0.4, 0.5) is 5.69 Å². The lowest BCUT2D eigenvalue weighted by Crippen LogP contribution is -2.32. The molecule has 0 fully saturated rings. The summed E-state index contributed by atoms with van der Waals surface area (Å²) in [6.45, 7) is 3.62. The number of ether oxygens (including phenoxy) is 1. The topological polar surface area (TPSA) is 93.2 Å². The maximum Gasteiger partial charge on any atom is 0.322 e. The van der Waals surface area contributed by atoms with Gasteiger partial charge in [0.2, 0.25) is 5.91 Å². The Bertz CT molecular complexity index is 952. The van der Waals surface area contributed by atoms with Crippen molar-refractivity contribution in [2.45, 2.75) is 13.8 Å². The van der Waals surface area contributed by atoms with Crippen molar-refractivity contribution in [1.29, 1.82) is 0 Å². The first-order valence-electron chi connectivity index (χ1n) is 8.73. The van der Waals surface area contributed by atoms with Gasteiger partial charge in [0, 0.05) is 22.6 Å². The molecule has 0 spiro atoms. The van der Waals surface area contributed by atoms with Gasteiger partial charge in [0.1, 0.15) is 5.75 Å². The zero-order valence-electron chi connectivity index (χ0n) is 15.6. The number of aromatic nitrogens is 2. The van der Waals surface area contributed by atoms with Gasteiger partial charge in [0.05, 0.1) is 6.54 Å². The summed E-state index contributed by atoms with van der Waals surface area (Å²) in [5.41, 5.74) is 2.74. The molecule has 0 saturated carbocycles. The fraction of sp³-hybridized carbons (Fsp3) is 0.143. The van der Waals surface area contributed by atoms with Crippen molar-refractivity contribution in [3.8, 4) is 11.8 Å². The summed E-state index contributed by atoms with van der Waals surface area (Å²) in [7, 11) is 0. The first-order valence-corrected chi connectivity index (χ1v) is 8.73. The van der Waals surface area contributed by atoms with Gasteiger partial charge >= 0.3 is 6.01 Å². The summed E-state index contributed by atoms with van der Waals surface area (Å²) >= 11 is 0. The van der Waals surface area contributed by atoms with Crippen LogP contribution in [0.25, 0.3) is 0 Å². The number of carbonyl (C=O) groups excluding carboxylic acids is 2. The molecule has 0 aliphatic heterocycles. The number of nitrogens with one attached hydrogen (secondary N) is 2. The number of anilines is 1. The number of benzene rings is 2. The van der Waals surface area contributed by atoms with Crippen molar-refractivity contribution in [2.24, 2.45) is 0 Å². The second-order valence-electron chi connectivity index (χ2n) is 6.16. The normalized spacial score (nSPS) is 10.2. The van der Waals surface area contributed by atoms with Crippen LogP contribution in [0, 0.1) is 13.8 Å². The molecule has 3 aromatic rings. The average Bonchev–Trinajstić information content (AvgIpc) is 2.67. The molecular formula is C21H20N4O3. The molecule has 0 aliphatic carbocycles. The minimum Gasteiger partial charge on any atom is -0.424 e. The molecule has 1 aromatic heterocycles. The van der Waals surface area contributed by atoms with Gasteiger partial charge in [-0.05, 0) is 56.3 Å². The molecule has 28 heavy (non-hydrogen) atoms. The summed E-state index contributed by atoms with van der Waals surface area (Å²) in [4.78, 5) is 32.4. The van der Waals surface area contributed by atoms with Crippen LogP contribution in [0.5, 0.6) is 11.8 Å². The monoisotopic (exact) mass is 376 g/mol. The molecule has 0 saturated heterocycles. The maximum atomic E-state index is 12.0. The van der Waals surface area contributed by atoms with Crippen molar-refractivity contribution in [3.05, 3.63) is 77.6 Å². The van der Waals surface area contributed by atoms with E-state index in [0.717, 1.165) is 11.4 Å². The van der Waals surface area contributed by atoms with Crippen molar-refractivity contribution in [2.75, 3.05) is 11.9 Å². The standard InChI is InChI=1S/C21H20N4O3/c1-14-12-15(2)24-21(23-14)28-18-10-8-17(9-11-18)25-19(26)13-22-20(27)16-6-4-3-5-7-16/h3-12H,13H2,1-2H3,(H,22,27)(H,25,26). The van der Waals surface area contributed by atoms with Crippen LogP contribution >= 0.6 is 0 Å². The van der Waals surface area contributed by atoms with Crippen LogP contribution in [0.3, 0.4) is 0 Å². The minimum atomic E-state index is -0.324. The van der Waals surface area contributed by atoms with Crippen molar-refractivity contribution >= 4 is 17.5 Å². The van der Waals surface area contributed by atoms with E-state index >= 15 is 0 Å². The number of nitrogens with zero attached hydrogens (tertiary/aromatic N) is 2. The van der Waals surface area contributed by atoms with E-state index in [4.69, 9.17) is 4.74 Å². The van der Waals surface area contributed by atoms with E-state index in [9.17, 15) is 9.59 Å². The predicted octanol–water partition coefficient (Wildman–Crippen LogP) is 3.25. The quantitative estimate of drug-likeness (QED) is 0.689. The minimum absolute atomic E-state index is 0.123. The molecule has 0 atom stereocenters.